The number of carbonyl (C=O) groups is 2. The Hall–Kier alpha value is -3.17. The SMILES string of the molecule is C#CCNC(=O)COC(=O)c1cc(-c2cccs2)nc2ccccc12. The van der Waals surface area contributed by atoms with E-state index in [4.69, 9.17) is 11.2 Å². The normalized spacial score (nSPS) is 10.2. The van der Waals surface area contributed by atoms with E-state index in [1.54, 1.807) is 12.1 Å². The number of aromatic nitrogens is 1. The van der Waals surface area contributed by atoms with E-state index in [1.807, 2.05) is 35.7 Å². The van der Waals surface area contributed by atoms with Crippen molar-refractivity contribution >= 4 is 34.1 Å². The fourth-order valence-corrected chi connectivity index (χ4v) is 2.99. The van der Waals surface area contributed by atoms with Crippen LogP contribution >= 0.6 is 11.3 Å². The molecule has 5 nitrogen and oxygen atoms in total. The molecule has 0 aliphatic heterocycles. The lowest BCUT2D eigenvalue weighted by atomic mass is 10.1. The number of benzene rings is 1. The number of esters is 1. The van der Waals surface area contributed by atoms with Crippen molar-refractivity contribution in [2.75, 3.05) is 13.2 Å². The van der Waals surface area contributed by atoms with Gasteiger partial charge in [-0.05, 0) is 23.6 Å². The maximum Gasteiger partial charge on any atom is 0.339 e. The van der Waals surface area contributed by atoms with Gasteiger partial charge in [-0.2, -0.15) is 0 Å². The zero-order chi connectivity index (χ0) is 17.6. The second-order valence-electron chi connectivity index (χ2n) is 5.11. The van der Waals surface area contributed by atoms with Crippen molar-refractivity contribution in [2.24, 2.45) is 0 Å². The van der Waals surface area contributed by atoms with Gasteiger partial charge in [-0.15, -0.1) is 17.8 Å². The highest BCUT2D eigenvalue weighted by Gasteiger charge is 2.16. The number of thiophene rings is 1. The predicted octanol–water partition coefficient (Wildman–Crippen LogP) is 2.87. The average Bonchev–Trinajstić information content (AvgIpc) is 3.18. The van der Waals surface area contributed by atoms with Crippen LogP contribution in [0, 0.1) is 12.3 Å². The number of fused-ring (bicyclic) bond motifs is 1. The molecule has 0 radical (unpaired) electrons. The number of hydrogen-bond donors (Lipinski definition) is 1. The predicted molar refractivity (Wildman–Crippen MR) is 97.2 cm³/mol. The molecular weight excluding hydrogens is 336 g/mol. The number of rotatable bonds is 5. The van der Waals surface area contributed by atoms with E-state index in [0.717, 1.165) is 4.88 Å². The summed E-state index contributed by atoms with van der Waals surface area (Å²) in [4.78, 5) is 29.6. The number of carbonyl (C=O) groups excluding carboxylic acids is 2. The lowest BCUT2D eigenvalue weighted by Gasteiger charge is -2.09. The van der Waals surface area contributed by atoms with Crippen molar-refractivity contribution in [1.29, 1.82) is 0 Å². The van der Waals surface area contributed by atoms with E-state index in [-0.39, 0.29) is 13.2 Å². The third-order valence-corrected chi connectivity index (χ3v) is 4.32. The summed E-state index contributed by atoms with van der Waals surface area (Å²) in [6, 6.07) is 12.9. The van der Waals surface area contributed by atoms with Crippen LogP contribution in [0.2, 0.25) is 0 Å². The minimum absolute atomic E-state index is 0.0943. The van der Waals surface area contributed by atoms with Crippen LogP contribution in [-0.2, 0) is 9.53 Å². The number of pyridine rings is 1. The summed E-state index contributed by atoms with van der Waals surface area (Å²) in [5, 5.41) is 5.07. The Balaban J connectivity index is 1.90. The summed E-state index contributed by atoms with van der Waals surface area (Å²) >= 11 is 1.53. The minimum atomic E-state index is -0.577. The van der Waals surface area contributed by atoms with E-state index in [9.17, 15) is 9.59 Å². The van der Waals surface area contributed by atoms with E-state index in [0.29, 0.717) is 22.2 Å². The third-order valence-electron chi connectivity index (χ3n) is 3.43. The summed E-state index contributed by atoms with van der Waals surface area (Å²) in [7, 11) is 0. The van der Waals surface area contributed by atoms with E-state index in [2.05, 4.69) is 16.2 Å². The lowest BCUT2D eigenvalue weighted by Crippen LogP contribution is -2.29. The molecule has 1 aromatic carbocycles. The third kappa shape index (κ3) is 3.84. The Labute approximate surface area is 148 Å². The molecule has 3 aromatic rings. The van der Waals surface area contributed by atoms with Gasteiger partial charge in [0.2, 0.25) is 0 Å². The van der Waals surface area contributed by atoms with Gasteiger partial charge in [0.05, 0.1) is 28.2 Å². The van der Waals surface area contributed by atoms with Crippen LogP contribution in [0.4, 0.5) is 0 Å². The van der Waals surface area contributed by atoms with E-state index >= 15 is 0 Å². The van der Waals surface area contributed by atoms with Crippen molar-refractivity contribution in [2.45, 2.75) is 0 Å². The molecule has 2 aromatic heterocycles. The van der Waals surface area contributed by atoms with Gasteiger partial charge in [-0.25, -0.2) is 9.78 Å². The van der Waals surface area contributed by atoms with Crippen molar-refractivity contribution in [3.63, 3.8) is 0 Å². The van der Waals surface area contributed by atoms with Gasteiger partial charge in [0.25, 0.3) is 5.91 Å². The summed E-state index contributed by atoms with van der Waals surface area (Å²) in [5.74, 6) is 1.27. The monoisotopic (exact) mass is 350 g/mol. The molecule has 0 fully saturated rings. The highest BCUT2D eigenvalue weighted by molar-refractivity contribution is 7.13. The van der Waals surface area contributed by atoms with Crippen LogP contribution in [0.3, 0.4) is 0 Å². The fourth-order valence-electron chi connectivity index (χ4n) is 2.30. The molecule has 0 atom stereocenters. The molecule has 0 unspecified atom stereocenters. The van der Waals surface area contributed by atoms with Crippen molar-refractivity contribution in [1.82, 2.24) is 10.3 Å². The molecule has 0 saturated carbocycles. The number of terminal acetylenes is 1. The average molecular weight is 350 g/mol. The van der Waals surface area contributed by atoms with Gasteiger partial charge in [0, 0.05) is 5.39 Å². The molecule has 0 aliphatic rings. The zero-order valence-electron chi connectivity index (χ0n) is 13.2. The first kappa shape index (κ1) is 16.7. The largest absolute Gasteiger partial charge is 0.452 e. The first-order valence-corrected chi connectivity index (χ1v) is 8.38. The smallest absolute Gasteiger partial charge is 0.339 e. The summed E-state index contributed by atoms with van der Waals surface area (Å²) in [6.07, 6.45) is 5.07. The molecule has 0 saturated heterocycles. The Bertz CT molecular complexity index is 958. The van der Waals surface area contributed by atoms with Crippen molar-refractivity contribution in [3.05, 3.63) is 53.4 Å². The maximum absolute atomic E-state index is 12.5. The molecule has 3 rings (SSSR count). The molecule has 0 aliphatic carbocycles. The Morgan fingerprint density at radius 1 is 1.24 bits per heavy atom. The van der Waals surface area contributed by atoms with Crippen molar-refractivity contribution < 1.29 is 14.3 Å². The van der Waals surface area contributed by atoms with Crippen LogP contribution in [0.5, 0.6) is 0 Å². The molecule has 1 N–H and O–H groups in total. The highest BCUT2D eigenvalue weighted by atomic mass is 32.1. The van der Waals surface area contributed by atoms with Crippen LogP contribution < -0.4 is 5.32 Å². The summed E-state index contributed by atoms with van der Waals surface area (Å²) in [5.41, 5.74) is 1.76. The number of ether oxygens (including phenoxy) is 1. The standard InChI is InChI=1S/C19H14N2O3S/c1-2-9-20-18(22)12-24-19(23)14-11-16(17-8-5-10-25-17)21-15-7-4-3-6-13(14)15/h1,3-8,10-11H,9,12H2,(H,20,22). The fraction of sp³-hybridized carbons (Fsp3) is 0.105. The molecule has 6 heteroatoms. The number of amides is 1. The van der Waals surface area contributed by atoms with E-state index < -0.39 is 11.9 Å². The minimum Gasteiger partial charge on any atom is -0.452 e. The highest BCUT2D eigenvalue weighted by Crippen LogP contribution is 2.28. The molecule has 1 amide bonds. The Morgan fingerprint density at radius 3 is 2.84 bits per heavy atom. The van der Waals surface area contributed by atoms with Gasteiger partial charge < -0.3 is 10.1 Å². The van der Waals surface area contributed by atoms with E-state index in [1.165, 1.54) is 11.3 Å². The van der Waals surface area contributed by atoms with Crippen LogP contribution in [0.1, 0.15) is 10.4 Å². The van der Waals surface area contributed by atoms with Gasteiger partial charge >= 0.3 is 5.97 Å². The van der Waals surface area contributed by atoms with Crippen LogP contribution in [0.25, 0.3) is 21.5 Å². The lowest BCUT2D eigenvalue weighted by molar-refractivity contribution is -0.123. The maximum atomic E-state index is 12.5. The number of nitrogens with zero attached hydrogens (tertiary/aromatic N) is 1. The second-order valence-corrected chi connectivity index (χ2v) is 6.05. The second kappa shape index (κ2) is 7.60. The topological polar surface area (TPSA) is 68.3 Å². The molecule has 0 bridgehead atoms. The first-order chi connectivity index (χ1) is 12.2. The van der Waals surface area contributed by atoms with Gasteiger partial charge in [0.1, 0.15) is 0 Å². The van der Waals surface area contributed by atoms with Gasteiger partial charge in [-0.1, -0.05) is 30.2 Å². The quantitative estimate of drug-likeness (QED) is 0.567. The number of para-hydroxylation sites is 1. The van der Waals surface area contributed by atoms with Gasteiger partial charge in [0.15, 0.2) is 6.61 Å². The zero-order valence-corrected chi connectivity index (χ0v) is 14.0. The molecule has 2 heterocycles. The molecular formula is C19H14N2O3S. The Morgan fingerprint density at radius 2 is 2.08 bits per heavy atom. The number of hydrogen-bond acceptors (Lipinski definition) is 5. The molecule has 25 heavy (non-hydrogen) atoms. The summed E-state index contributed by atoms with van der Waals surface area (Å²) < 4.78 is 5.12. The van der Waals surface area contributed by atoms with Crippen molar-refractivity contribution in [3.8, 4) is 22.9 Å². The van der Waals surface area contributed by atoms with Crippen LogP contribution in [0.15, 0.2) is 47.8 Å². The first-order valence-electron chi connectivity index (χ1n) is 7.50. The van der Waals surface area contributed by atoms with Gasteiger partial charge in [-0.3, -0.25) is 4.79 Å². The molecule has 0 spiro atoms. The molecule has 124 valence electrons. The van der Waals surface area contributed by atoms with Crippen LogP contribution in [-0.4, -0.2) is 30.0 Å². The Kier molecular flexibility index (Phi) is 5.07. The summed E-state index contributed by atoms with van der Waals surface area (Å²) in [6.45, 7) is -0.289. The number of nitrogens with one attached hydrogen (secondary N) is 1.